The second-order valence-corrected chi connectivity index (χ2v) is 5.88. The Morgan fingerprint density at radius 3 is 2.84 bits per heavy atom. The van der Waals surface area contributed by atoms with E-state index in [4.69, 9.17) is 0 Å². The van der Waals surface area contributed by atoms with Crippen LogP contribution in [0.25, 0.3) is 0 Å². The van der Waals surface area contributed by atoms with Crippen LogP contribution >= 0.6 is 0 Å². The molecule has 1 fully saturated rings. The predicted octanol–water partition coefficient (Wildman–Crippen LogP) is 1.93. The van der Waals surface area contributed by atoms with E-state index in [0.29, 0.717) is 0 Å². The molecule has 1 aromatic rings. The summed E-state index contributed by atoms with van der Waals surface area (Å²) in [6.07, 6.45) is 2.68. The van der Waals surface area contributed by atoms with E-state index in [1.54, 1.807) is 0 Å². The molecule has 1 saturated heterocycles. The van der Waals surface area contributed by atoms with E-state index in [-0.39, 0.29) is 0 Å². The molecule has 106 valence electrons. The van der Waals surface area contributed by atoms with E-state index >= 15 is 0 Å². The fraction of sp³-hybridized carbons (Fsp3) is 0.625. The van der Waals surface area contributed by atoms with Gasteiger partial charge in [-0.1, -0.05) is 24.3 Å². The topological polar surface area (TPSA) is 18.5 Å². The van der Waals surface area contributed by atoms with Gasteiger partial charge >= 0.3 is 0 Å². The van der Waals surface area contributed by atoms with Gasteiger partial charge in [0, 0.05) is 25.7 Å². The molecule has 0 radical (unpaired) electrons. The van der Waals surface area contributed by atoms with E-state index in [2.05, 4.69) is 53.5 Å². The zero-order chi connectivity index (χ0) is 13.7. The highest BCUT2D eigenvalue weighted by atomic mass is 15.2. The van der Waals surface area contributed by atoms with Crippen LogP contribution in [-0.4, -0.2) is 50.1 Å². The molecule has 3 heteroatoms. The Labute approximate surface area is 117 Å². The fourth-order valence-electron chi connectivity index (χ4n) is 3.01. The zero-order valence-corrected chi connectivity index (χ0v) is 12.5. The van der Waals surface area contributed by atoms with Crippen molar-refractivity contribution in [3.05, 3.63) is 35.4 Å². The van der Waals surface area contributed by atoms with E-state index in [1.807, 2.05) is 7.05 Å². The standard InChI is InChI=1S/C16H27N3/c1-17-11-14-6-4-7-15(10-14)12-19-9-5-8-16(19)13-18(2)3/h4,6-7,10,16-17H,5,8-9,11-13H2,1-3H3. The van der Waals surface area contributed by atoms with Crippen LogP contribution in [0.4, 0.5) is 0 Å². The molecule has 3 nitrogen and oxygen atoms in total. The van der Waals surface area contributed by atoms with Gasteiger partial charge in [0.2, 0.25) is 0 Å². The first-order chi connectivity index (χ1) is 9.19. The lowest BCUT2D eigenvalue weighted by Crippen LogP contribution is -2.37. The number of benzene rings is 1. The van der Waals surface area contributed by atoms with Gasteiger partial charge in [-0.25, -0.2) is 0 Å². The van der Waals surface area contributed by atoms with Gasteiger partial charge in [-0.2, -0.15) is 0 Å². The quantitative estimate of drug-likeness (QED) is 0.844. The number of nitrogens with zero attached hydrogens (tertiary/aromatic N) is 2. The van der Waals surface area contributed by atoms with Crippen molar-refractivity contribution in [1.29, 1.82) is 0 Å². The van der Waals surface area contributed by atoms with Crippen LogP contribution in [0.1, 0.15) is 24.0 Å². The van der Waals surface area contributed by atoms with Crippen molar-refractivity contribution in [3.63, 3.8) is 0 Å². The lowest BCUT2D eigenvalue weighted by atomic mass is 10.1. The van der Waals surface area contributed by atoms with Crippen molar-refractivity contribution < 1.29 is 0 Å². The van der Waals surface area contributed by atoms with Crippen molar-refractivity contribution in [2.24, 2.45) is 0 Å². The van der Waals surface area contributed by atoms with E-state index in [9.17, 15) is 0 Å². The Bertz CT molecular complexity index is 389. The van der Waals surface area contributed by atoms with E-state index in [1.165, 1.54) is 37.1 Å². The van der Waals surface area contributed by atoms with Crippen LogP contribution in [0, 0.1) is 0 Å². The Kier molecular flexibility index (Phi) is 5.37. The second-order valence-electron chi connectivity index (χ2n) is 5.88. The summed E-state index contributed by atoms with van der Waals surface area (Å²) in [5.41, 5.74) is 2.82. The third-order valence-corrected chi connectivity index (χ3v) is 3.83. The average Bonchev–Trinajstić information content (AvgIpc) is 2.77. The van der Waals surface area contributed by atoms with Gasteiger partial charge < -0.3 is 10.2 Å². The van der Waals surface area contributed by atoms with Gasteiger partial charge in [0.15, 0.2) is 0 Å². The Morgan fingerprint density at radius 2 is 2.11 bits per heavy atom. The van der Waals surface area contributed by atoms with Gasteiger partial charge in [-0.15, -0.1) is 0 Å². The maximum absolute atomic E-state index is 3.22. The molecular weight excluding hydrogens is 234 g/mol. The molecule has 0 aliphatic carbocycles. The Morgan fingerprint density at radius 1 is 1.32 bits per heavy atom. The number of rotatable bonds is 6. The van der Waals surface area contributed by atoms with Crippen molar-refractivity contribution in [2.75, 3.05) is 34.2 Å². The molecule has 1 aliphatic heterocycles. The molecule has 1 aromatic carbocycles. The molecule has 0 saturated carbocycles. The summed E-state index contributed by atoms with van der Waals surface area (Å²) in [7, 11) is 6.34. The zero-order valence-electron chi connectivity index (χ0n) is 12.5. The first kappa shape index (κ1) is 14.5. The third-order valence-electron chi connectivity index (χ3n) is 3.83. The monoisotopic (exact) mass is 261 g/mol. The second kappa shape index (κ2) is 7.04. The normalized spacial score (nSPS) is 20.3. The molecule has 1 atom stereocenters. The highest BCUT2D eigenvalue weighted by Crippen LogP contribution is 2.20. The lowest BCUT2D eigenvalue weighted by molar-refractivity contribution is 0.201. The average molecular weight is 261 g/mol. The van der Waals surface area contributed by atoms with Gasteiger partial charge in [0.1, 0.15) is 0 Å². The van der Waals surface area contributed by atoms with Crippen molar-refractivity contribution in [3.8, 4) is 0 Å². The molecule has 1 aliphatic rings. The highest BCUT2D eigenvalue weighted by Gasteiger charge is 2.24. The summed E-state index contributed by atoms with van der Waals surface area (Å²) >= 11 is 0. The first-order valence-electron chi connectivity index (χ1n) is 7.30. The minimum atomic E-state index is 0.725. The number of hydrogen-bond acceptors (Lipinski definition) is 3. The van der Waals surface area contributed by atoms with Crippen LogP contribution in [0.5, 0.6) is 0 Å². The number of hydrogen-bond donors (Lipinski definition) is 1. The van der Waals surface area contributed by atoms with Crippen LogP contribution in [0.3, 0.4) is 0 Å². The SMILES string of the molecule is CNCc1cccc(CN2CCCC2CN(C)C)c1. The number of likely N-dealkylation sites (N-methyl/N-ethyl adjacent to an activating group) is 1. The molecule has 2 rings (SSSR count). The first-order valence-corrected chi connectivity index (χ1v) is 7.30. The molecule has 19 heavy (non-hydrogen) atoms. The summed E-state index contributed by atoms with van der Waals surface area (Å²) in [5.74, 6) is 0. The highest BCUT2D eigenvalue weighted by molar-refractivity contribution is 5.23. The van der Waals surface area contributed by atoms with Crippen molar-refractivity contribution in [2.45, 2.75) is 32.0 Å². The molecule has 1 unspecified atom stereocenters. The maximum atomic E-state index is 3.22. The summed E-state index contributed by atoms with van der Waals surface area (Å²) in [5, 5.41) is 3.22. The molecule has 0 amide bonds. The molecule has 0 bridgehead atoms. The molecule has 0 aromatic heterocycles. The predicted molar refractivity (Wildman–Crippen MR) is 81.2 cm³/mol. The maximum Gasteiger partial charge on any atom is 0.0237 e. The fourth-order valence-corrected chi connectivity index (χ4v) is 3.01. The minimum absolute atomic E-state index is 0.725. The minimum Gasteiger partial charge on any atom is -0.316 e. The third kappa shape index (κ3) is 4.30. The Hall–Kier alpha value is -0.900. The van der Waals surface area contributed by atoms with Gasteiger partial charge in [0.25, 0.3) is 0 Å². The summed E-state index contributed by atoms with van der Waals surface area (Å²) in [4.78, 5) is 4.94. The largest absolute Gasteiger partial charge is 0.316 e. The smallest absolute Gasteiger partial charge is 0.0237 e. The molecular formula is C16H27N3. The summed E-state index contributed by atoms with van der Waals surface area (Å²) < 4.78 is 0. The summed E-state index contributed by atoms with van der Waals surface area (Å²) in [6, 6.07) is 9.69. The van der Waals surface area contributed by atoms with Crippen LogP contribution in [0.15, 0.2) is 24.3 Å². The Balaban J connectivity index is 1.97. The van der Waals surface area contributed by atoms with Crippen LogP contribution in [-0.2, 0) is 13.1 Å². The van der Waals surface area contributed by atoms with E-state index < -0.39 is 0 Å². The summed E-state index contributed by atoms with van der Waals surface area (Å²) in [6.45, 7) is 4.47. The van der Waals surface area contributed by atoms with E-state index in [0.717, 1.165) is 19.1 Å². The molecule has 0 spiro atoms. The van der Waals surface area contributed by atoms with Crippen LogP contribution < -0.4 is 5.32 Å². The lowest BCUT2D eigenvalue weighted by Gasteiger charge is -2.27. The van der Waals surface area contributed by atoms with Gasteiger partial charge in [-0.05, 0) is 51.7 Å². The number of likely N-dealkylation sites (tertiary alicyclic amines) is 1. The molecule has 1 N–H and O–H groups in total. The van der Waals surface area contributed by atoms with Gasteiger partial charge in [0.05, 0.1) is 0 Å². The van der Waals surface area contributed by atoms with Gasteiger partial charge in [-0.3, -0.25) is 4.90 Å². The number of nitrogens with one attached hydrogen (secondary N) is 1. The van der Waals surface area contributed by atoms with Crippen molar-refractivity contribution >= 4 is 0 Å². The van der Waals surface area contributed by atoms with Crippen molar-refractivity contribution in [1.82, 2.24) is 15.1 Å². The molecule has 1 heterocycles. The van der Waals surface area contributed by atoms with Crippen LogP contribution in [0.2, 0.25) is 0 Å².